The number of aromatic nitrogens is 2. The maximum atomic E-state index is 4.60. The maximum absolute atomic E-state index is 4.60. The first kappa shape index (κ1) is 14.8. The normalized spacial score (nSPS) is 11.9. The van der Waals surface area contributed by atoms with Gasteiger partial charge in [-0.3, -0.25) is 0 Å². The van der Waals surface area contributed by atoms with E-state index in [9.17, 15) is 0 Å². The Morgan fingerprint density at radius 2 is 1.61 bits per heavy atom. The van der Waals surface area contributed by atoms with Crippen LogP contribution in [0.25, 0.3) is 30.9 Å². The lowest BCUT2D eigenvalue weighted by Gasteiger charge is -2.05. The smallest absolute Gasteiger partial charge is 0.116 e. The molecule has 1 aromatic carbocycles. The molecule has 0 unspecified atom stereocenters. The Kier molecular flexibility index (Phi) is 3.47. The quantitative estimate of drug-likeness (QED) is 0.428. The van der Waals surface area contributed by atoms with Crippen molar-refractivity contribution in [3.05, 3.63) is 46.6 Å². The van der Waals surface area contributed by atoms with E-state index in [1.165, 1.54) is 35.7 Å². The van der Waals surface area contributed by atoms with Crippen molar-refractivity contribution in [2.75, 3.05) is 0 Å². The molecule has 23 heavy (non-hydrogen) atoms. The van der Waals surface area contributed by atoms with E-state index in [4.69, 9.17) is 0 Å². The van der Waals surface area contributed by atoms with Gasteiger partial charge in [-0.1, -0.05) is 31.0 Å². The lowest BCUT2D eigenvalue weighted by molar-refractivity contribution is 0.891. The predicted molar refractivity (Wildman–Crippen MR) is 102 cm³/mol. The SMILES string of the molecule is Cc1cc(C)cc(-c2ncnc3c2sc2cc(C(C)C)sc23)c1. The van der Waals surface area contributed by atoms with Gasteiger partial charge in [0.2, 0.25) is 0 Å². The number of aryl methyl sites for hydroxylation is 2. The molecule has 4 aromatic rings. The minimum absolute atomic E-state index is 0.565. The number of hydrogen-bond acceptors (Lipinski definition) is 4. The first-order chi connectivity index (χ1) is 11.0. The van der Waals surface area contributed by atoms with Crippen LogP contribution in [0.1, 0.15) is 35.8 Å². The highest BCUT2D eigenvalue weighted by Crippen LogP contribution is 2.43. The van der Waals surface area contributed by atoms with Gasteiger partial charge in [-0.05, 0) is 38.0 Å². The number of fused-ring (bicyclic) bond motifs is 3. The summed E-state index contributed by atoms with van der Waals surface area (Å²) in [5, 5.41) is 0. The monoisotopic (exact) mass is 338 g/mol. The van der Waals surface area contributed by atoms with Gasteiger partial charge in [0.1, 0.15) is 11.8 Å². The van der Waals surface area contributed by atoms with Crippen LogP contribution in [0, 0.1) is 13.8 Å². The van der Waals surface area contributed by atoms with Gasteiger partial charge in [0, 0.05) is 15.1 Å². The predicted octanol–water partition coefficient (Wildman–Crippen LogP) is 6.31. The largest absolute Gasteiger partial charge is 0.235 e. The zero-order chi connectivity index (χ0) is 16.1. The van der Waals surface area contributed by atoms with Crippen LogP contribution in [-0.4, -0.2) is 9.97 Å². The molecule has 0 spiro atoms. The van der Waals surface area contributed by atoms with Crippen LogP contribution in [-0.2, 0) is 0 Å². The Hall–Kier alpha value is -1.78. The molecule has 0 amide bonds. The molecular weight excluding hydrogens is 320 g/mol. The average molecular weight is 339 g/mol. The summed E-state index contributed by atoms with van der Waals surface area (Å²) in [6.45, 7) is 8.76. The summed E-state index contributed by atoms with van der Waals surface area (Å²) in [5.41, 5.74) is 5.89. The molecule has 0 N–H and O–H groups in total. The molecule has 0 radical (unpaired) electrons. The average Bonchev–Trinajstić information content (AvgIpc) is 3.03. The highest BCUT2D eigenvalue weighted by Gasteiger charge is 2.16. The minimum Gasteiger partial charge on any atom is -0.235 e. The second-order valence-electron chi connectivity index (χ2n) is 6.38. The van der Waals surface area contributed by atoms with E-state index in [-0.39, 0.29) is 0 Å². The first-order valence-corrected chi connectivity index (χ1v) is 9.42. The summed E-state index contributed by atoms with van der Waals surface area (Å²) < 4.78 is 3.84. The van der Waals surface area contributed by atoms with E-state index in [0.717, 1.165) is 11.2 Å². The van der Waals surface area contributed by atoms with Gasteiger partial charge >= 0.3 is 0 Å². The Morgan fingerprint density at radius 3 is 2.30 bits per heavy atom. The van der Waals surface area contributed by atoms with Crippen LogP contribution in [0.3, 0.4) is 0 Å². The summed E-state index contributed by atoms with van der Waals surface area (Å²) >= 11 is 3.69. The highest BCUT2D eigenvalue weighted by atomic mass is 32.1. The van der Waals surface area contributed by atoms with Crippen molar-refractivity contribution in [3.63, 3.8) is 0 Å². The van der Waals surface area contributed by atoms with Gasteiger partial charge in [0.15, 0.2) is 0 Å². The first-order valence-electron chi connectivity index (χ1n) is 7.78. The van der Waals surface area contributed by atoms with Gasteiger partial charge in [-0.15, -0.1) is 22.7 Å². The van der Waals surface area contributed by atoms with Crippen molar-refractivity contribution < 1.29 is 0 Å². The fourth-order valence-electron chi connectivity index (χ4n) is 2.98. The van der Waals surface area contributed by atoms with E-state index in [2.05, 4.69) is 61.9 Å². The van der Waals surface area contributed by atoms with Crippen molar-refractivity contribution in [2.45, 2.75) is 33.6 Å². The molecule has 0 aliphatic heterocycles. The second-order valence-corrected chi connectivity index (χ2v) is 8.51. The number of rotatable bonds is 2. The Morgan fingerprint density at radius 1 is 0.870 bits per heavy atom. The fraction of sp³-hybridized carbons (Fsp3) is 0.263. The molecule has 0 saturated heterocycles. The van der Waals surface area contributed by atoms with Crippen molar-refractivity contribution >= 4 is 42.3 Å². The topological polar surface area (TPSA) is 25.8 Å². The van der Waals surface area contributed by atoms with E-state index in [1.54, 1.807) is 6.33 Å². The Balaban J connectivity index is 1.99. The third kappa shape index (κ3) is 2.46. The van der Waals surface area contributed by atoms with E-state index >= 15 is 0 Å². The molecule has 0 saturated carbocycles. The van der Waals surface area contributed by atoms with Gasteiger partial charge in [0.05, 0.1) is 15.1 Å². The van der Waals surface area contributed by atoms with Crippen molar-refractivity contribution in [1.29, 1.82) is 0 Å². The van der Waals surface area contributed by atoms with E-state index in [0.29, 0.717) is 5.92 Å². The van der Waals surface area contributed by atoms with Gasteiger partial charge in [-0.2, -0.15) is 0 Å². The van der Waals surface area contributed by atoms with Crippen LogP contribution in [0.2, 0.25) is 0 Å². The zero-order valence-electron chi connectivity index (χ0n) is 13.7. The van der Waals surface area contributed by atoms with Crippen molar-refractivity contribution in [1.82, 2.24) is 9.97 Å². The number of benzene rings is 1. The fourth-order valence-corrected chi connectivity index (χ4v) is 5.54. The molecule has 3 aromatic heterocycles. The molecule has 4 heteroatoms. The van der Waals surface area contributed by atoms with Gasteiger partial charge in [0.25, 0.3) is 0 Å². The molecule has 2 nitrogen and oxygen atoms in total. The van der Waals surface area contributed by atoms with Crippen LogP contribution in [0.15, 0.2) is 30.6 Å². The molecule has 0 bridgehead atoms. The summed E-state index contributed by atoms with van der Waals surface area (Å²) in [4.78, 5) is 10.6. The van der Waals surface area contributed by atoms with Gasteiger partial charge < -0.3 is 0 Å². The molecule has 0 atom stereocenters. The Bertz CT molecular complexity index is 1000. The molecule has 4 rings (SSSR count). The van der Waals surface area contributed by atoms with Crippen LogP contribution in [0.5, 0.6) is 0 Å². The Labute approximate surface area is 143 Å². The molecule has 0 aliphatic carbocycles. The third-order valence-corrected chi connectivity index (χ3v) is 6.72. The summed E-state index contributed by atoms with van der Waals surface area (Å²) in [5.74, 6) is 0.565. The molecule has 0 fully saturated rings. The summed E-state index contributed by atoms with van der Waals surface area (Å²) in [6, 6.07) is 8.94. The molecule has 0 aliphatic rings. The van der Waals surface area contributed by atoms with Gasteiger partial charge in [-0.25, -0.2) is 9.97 Å². The molecule has 3 heterocycles. The number of thiophene rings is 2. The maximum Gasteiger partial charge on any atom is 0.116 e. The van der Waals surface area contributed by atoms with E-state index < -0.39 is 0 Å². The lowest BCUT2D eigenvalue weighted by Crippen LogP contribution is -1.88. The molecular formula is C19H18N2S2. The summed E-state index contributed by atoms with van der Waals surface area (Å²) in [7, 11) is 0. The zero-order valence-corrected chi connectivity index (χ0v) is 15.3. The third-order valence-electron chi connectivity index (χ3n) is 4.01. The number of nitrogens with zero attached hydrogens (tertiary/aromatic N) is 2. The summed E-state index contributed by atoms with van der Waals surface area (Å²) in [6.07, 6.45) is 1.70. The standard InChI is InChI=1S/C19H18N2S2/c1-10(2)14-8-15-18(22-14)17-19(23-15)16(20-9-21-17)13-6-11(3)5-12(4)7-13/h5-10H,1-4H3. The minimum atomic E-state index is 0.565. The lowest BCUT2D eigenvalue weighted by atomic mass is 10.0. The van der Waals surface area contributed by atoms with Crippen LogP contribution in [0.4, 0.5) is 0 Å². The molecule has 116 valence electrons. The number of hydrogen-bond donors (Lipinski definition) is 0. The van der Waals surface area contributed by atoms with Crippen LogP contribution < -0.4 is 0 Å². The van der Waals surface area contributed by atoms with E-state index in [1.807, 2.05) is 22.7 Å². The highest BCUT2D eigenvalue weighted by molar-refractivity contribution is 7.32. The van der Waals surface area contributed by atoms with Crippen molar-refractivity contribution in [2.24, 2.45) is 0 Å². The van der Waals surface area contributed by atoms with Crippen molar-refractivity contribution in [3.8, 4) is 11.3 Å². The van der Waals surface area contributed by atoms with Crippen LogP contribution >= 0.6 is 22.7 Å². The second kappa shape index (κ2) is 5.39.